The fraction of sp³-hybridized carbons (Fsp3) is 0.889. The summed E-state index contributed by atoms with van der Waals surface area (Å²) in [6, 6.07) is -0.628. The predicted octanol–water partition coefficient (Wildman–Crippen LogP) is -2.64. The van der Waals surface area contributed by atoms with Crippen LogP contribution in [0.25, 0.3) is 0 Å². The zero-order valence-electron chi connectivity index (χ0n) is 11.4. The smallest absolute Gasteiger partial charge is 0.456 e. The summed E-state index contributed by atoms with van der Waals surface area (Å²) >= 11 is 0. The van der Waals surface area contributed by atoms with Crippen LogP contribution in [0.15, 0.2) is 0 Å². The van der Waals surface area contributed by atoms with Crippen LogP contribution in [0.5, 0.6) is 0 Å². The number of esters is 1. The Morgan fingerprint density at radius 1 is 1.25 bits per heavy atom. The lowest BCUT2D eigenvalue weighted by atomic mass is 10.1. The molecule has 20 heavy (non-hydrogen) atoms. The van der Waals surface area contributed by atoms with Crippen molar-refractivity contribution in [3.63, 3.8) is 0 Å². The van der Waals surface area contributed by atoms with E-state index in [0.29, 0.717) is 12.8 Å². The predicted molar refractivity (Wildman–Crippen MR) is 67.5 cm³/mol. The van der Waals surface area contributed by atoms with Crippen LogP contribution in [0.2, 0.25) is 0 Å². The number of hydrogen-bond donors (Lipinski definition) is 5. The molecule has 0 aromatic carbocycles. The quantitative estimate of drug-likeness (QED) is 0.251. The molecule has 0 aromatic heterocycles. The first-order chi connectivity index (χ1) is 9.19. The SMILES string of the molecule is CC(C)(COB(O)O)OC(=O)[C@@H]1CC[C@H](OB(O)O)N1. The largest absolute Gasteiger partial charge is 0.635 e. The van der Waals surface area contributed by atoms with Crippen LogP contribution in [0.1, 0.15) is 26.7 Å². The minimum absolute atomic E-state index is 0.182. The standard InChI is InChI=1S/C9H19B2NO8/c1-9(2,5-18-10(14)15)19-8(13)6-3-4-7(12-6)20-11(16)17/h6-7,12,14-17H,3-5H2,1-2H3/t6-,7-/m0/s1. The van der Waals surface area contributed by atoms with E-state index in [1.54, 1.807) is 13.8 Å². The second-order valence-corrected chi connectivity index (χ2v) is 5.07. The highest BCUT2D eigenvalue weighted by atomic mass is 16.6. The van der Waals surface area contributed by atoms with Crippen molar-refractivity contribution >= 4 is 20.6 Å². The van der Waals surface area contributed by atoms with E-state index in [1.165, 1.54) is 0 Å². The minimum atomic E-state index is -1.93. The maximum absolute atomic E-state index is 11.9. The van der Waals surface area contributed by atoms with Crippen molar-refractivity contribution in [1.82, 2.24) is 5.32 Å². The van der Waals surface area contributed by atoms with Crippen LogP contribution in [0.4, 0.5) is 0 Å². The van der Waals surface area contributed by atoms with Gasteiger partial charge in [-0.05, 0) is 26.7 Å². The van der Waals surface area contributed by atoms with Gasteiger partial charge in [-0.2, -0.15) is 0 Å². The van der Waals surface area contributed by atoms with Crippen molar-refractivity contribution in [3.05, 3.63) is 0 Å². The molecule has 0 aliphatic carbocycles. The monoisotopic (exact) mass is 291 g/mol. The van der Waals surface area contributed by atoms with E-state index in [4.69, 9.17) is 29.5 Å². The number of hydrogen-bond acceptors (Lipinski definition) is 9. The molecule has 0 aromatic rings. The van der Waals surface area contributed by atoms with E-state index >= 15 is 0 Å². The van der Waals surface area contributed by atoms with Crippen LogP contribution >= 0.6 is 0 Å². The molecule has 0 spiro atoms. The molecular weight excluding hydrogens is 272 g/mol. The summed E-state index contributed by atoms with van der Waals surface area (Å²) in [7, 11) is -3.83. The summed E-state index contributed by atoms with van der Waals surface area (Å²) in [6.07, 6.45) is 0.227. The fourth-order valence-electron chi connectivity index (χ4n) is 1.80. The molecule has 0 saturated carbocycles. The molecule has 11 heteroatoms. The summed E-state index contributed by atoms with van der Waals surface area (Å²) in [5, 5.41) is 37.3. The maximum atomic E-state index is 11.9. The van der Waals surface area contributed by atoms with Gasteiger partial charge in [0.1, 0.15) is 11.6 Å². The first-order valence-corrected chi connectivity index (χ1v) is 6.18. The van der Waals surface area contributed by atoms with Crippen LogP contribution in [0, 0.1) is 0 Å². The minimum Gasteiger partial charge on any atom is -0.456 e. The van der Waals surface area contributed by atoms with Crippen molar-refractivity contribution in [2.75, 3.05) is 6.61 Å². The van der Waals surface area contributed by atoms with E-state index < -0.39 is 38.5 Å². The number of ether oxygens (including phenoxy) is 1. The number of carbonyl (C=O) groups excluding carboxylic acids is 1. The maximum Gasteiger partial charge on any atom is 0.635 e. The molecule has 1 rings (SSSR count). The Hall–Kier alpha value is -0.680. The molecule has 1 aliphatic rings. The number of nitrogens with one attached hydrogen (secondary N) is 1. The zero-order chi connectivity index (χ0) is 15.3. The van der Waals surface area contributed by atoms with Crippen molar-refractivity contribution in [2.24, 2.45) is 0 Å². The van der Waals surface area contributed by atoms with Gasteiger partial charge in [0.05, 0.1) is 12.8 Å². The van der Waals surface area contributed by atoms with Crippen LogP contribution < -0.4 is 5.32 Å². The van der Waals surface area contributed by atoms with Gasteiger partial charge in [0.15, 0.2) is 0 Å². The molecule has 1 fully saturated rings. The molecule has 5 N–H and O–H groups in total. The summed E-state index contributed by atoms with van der Waals surface area (Å²) < 4.78 is 14.5. The van der Waals surface area contributed by atoms with E-state index in [0.717, 1.165) is 0 Å². The molecule has 1 aliphatic heterocycles. The van der Waals surface area contributed by atoms with Crippen molar-refractivity contribution in [3.8, 4) is 0 Å². The van der Waals surface area contributed by atoms with Crippen LogP contribution in [-0.2, 0) is 18.8 Å². The Balaban J connectivity index is 2.39. The van der Waals surface area contributed by atoms with Gasteiger partial charge < -0.3 is 34.1 Å². The topological polar surface area (TPSA) is 138 Å². The molecule has 0 bridgehead atoms. The molecule has 2 atom stereocenters. The van der Waals surface area contributed by atoms with E-state index in [1.807, 2.05) is 0 Å². The zero-order valence-corrected chi connectivity index (χ0v) is 11.4. The van der Waals surface area contributed by atoms with E-state index in [9.17, 15) is 4.79 Å². The highest BCUT2D eigenvalue weighted by Crippen LogP contribution is 2.18. The lowest BCUT2D eigenvalue weighted by molar-refractivity contribution is -0.162. The summed E-state index contributed by atoms with van der Waals surface area (Å²) in [4.78, 5) is 11.9. The highest BCUT2D eigenvalue weighted by molar-refractivity contribution is 6.32. The molecule has 1 heterocycles. The van der Waals surface area contributed by atoms with Gasteiger partial charge >= 0.3 is 20.6 Å². The third-order valence-corrected chi connectivity index (χ3v) is 2.63. The first kappa shape index (κ1) is 17.4. The van der Waals surface area contributed by atoms with Crippen molar-refractivity contribution in [2.45, 2.75) is 44.6 Å². The molecule has 0 radical (unpaired) electrons. The summed E-state index contributed by atoms with van der Waals surface area (Å²) in [6.45, 7) is 2.94. The Morgan fingerprint density at radius 2 is 1.90 bits per heavy atom. The summed E-state index contributed by atoms with van der Waals surface area (Å²) in [5.74, 6) is -0.551. The first-order valence-electron chi connectivity index (χ1n) is 6.18. The van der Waals surface area contributed by atoms with Gasteiger partial charge in [0.25, 0.3) is 0 Å². The molecule has 1 saturated heterocycles. The molecule has 114 valence electrons. The molecular formula is C9H19B2NO8. The molecule has 0 unspecified atom stereocenters. The number of carbonyl (C=O) groups is 1. The van der Waals surface area contributed by atoms with Crippen molar-refractivity contribution < 1.29 is 38.9 Å². The van der Waals surface area contributed by atoms with Gasteiger partial charge in [-0.3, -0.25) is 10.1 Å². The Bertz CT molecular complexity index is 327. The third-order valence-electron chi connectivity index (χ3n) is 2.63. The van der Waals surface area contributed by atoms with Crippen LogP contribution in [0.3, 0.4) is 0 Å². The number of rotatable bonds is 7. The Morgan fingerprint density at radius 3 is 2.45 bits per heavy atom. The van der Waals surface area contributed by atoms with Crippen LogP contribution in [-0.4, -0.2) is 65.2 Å². The average molecular weight is 291 g/mol. The molecule has 0 amide bonds. The van der Waals surface area contributed by atoms with Gasteiger partial charge in [-0.1, -0.05) is 0 Å². The van der Waals surface area contributed by atoms with E-state index in [2.05, 4.69) is 9.97 Å². The van der Waals surface area contributed by atoms with Gasteiger partial charge in [-0.15, -0.1) is 0 Å². The average Bonchev–Trinajstić information content (AvgIpc) is 2.73. The molecule has 9 nitrogen and oxygen atoms in total. The second-order valence-electron chi connectivity index (χ2n) is 5.07. The Labute approximate surface area is 117 Å². The third kappa shape index (κ3) is 6.18. The van der Waals surface area contributed by atoms with Gasteiger partial charge in [0, 0.05) is 0 Å². The highest BCUT2D eigenvalue weighted by Gasteiger charge is 2.35. The van der Waals surface area contributed by atoms with E-state index in [-0.39, 0.29) is 6.61 Å². The Kier molecular flexibility index (Phi) is 6.40. The van der Waals surface area contributed by atoms with Crippen molar-refractivity contribution in [1.29, 1.82) is 0 Å². The van der Waals surface area contributed by atoms with Gasteiger partial charge in [-0.25, -0.2) is 0 Å². The lowest BCUT2D eigenvalue weighted by Crippen LogP contribution is -2.44. The normalized spacial score (nSPS) is 22.7. The summed E-state index contributed by atoms with van der Waals surface area (Å²) in [5.41, 5.74) is -1.03. The lowest BCUT2D eigenvalue weighted by Gasteiger charge is -2.26. The second kappa shape index (κ2) is 7.36. The van der Waals surface area contributed by atoms with Gasteiger partial charge in [0.2, 0.25) is 0 Å². The fourth-order valence-corrected chi connectivity index (χ4v) is 1.80.